The SMILES string of the molecule is Cc1ccc(C#N)c(N2CCNCC2C(N)=O)n1. The number of nitrogens with one attached hydrogen (secondary N) is 1. The van der Waals surface area contributed by atoms with Crippen LogP contribution in [0.2, 0.25) is 0 Å². The Bertz CT molecular complexity index is 508. The molecule has 1 aliphatic heterocycles. The summed E-state index contributed by atoms with van der Waals surface area (Å²) in [7, 11) is 0. The molecule has 0 bridgehead atoms. The summed E-state index contributed by atoms with van der Waals surface area (Å²) in [6, 6.07) is 5.15. The van der Waals surface area contributed by atoms with Crippen molar-refractivity contribution in [3.8, 4) is 6.07 Å². The van der Waals surface area contributed by atoms with Crippen molar-refractivity contribution >= 4 is 11.7 Å². The van der Waals surface area contributed by atoms with Gasteiger partial charge in [0.1, 0.15) is 17.9 Å². The van der Waals surface area contributed by atoms with Crippen molar-refractivity contribution in [2.75, 3.05) is 24.5 Å². The quantitative estimate of drug-likeness (QED) is 0.734. The van der Waals surface area contributed by atoms with Crippen molar-refractivity contribution < 1.29 is 4.79 Å². The number of primary amides is 1. The van der Waals surface area contributed by atoms with E-state index in [0.29, 0.717) is 24.5 Å². The zero-order valence-electron chi connectivity index (χ0n) is 10.2. The van der Waals surface area contributed by atoms with Crippen molar-refractivity contribution in [2.24, 2.45) is 5.73 Å². The molecule has 2 rings (SSSR count). The summed E-state index contributed by atoms with van der Waals surface area (Å²) < 4.78 is 0. The lowest BCUT2D eigenvalue weighted by molar-refractivity contribution is -0.119. The molecule has 1 fully saturated rings. The molecule has 1 aromatic heterocycles. The molecule has 3 N–H and O–H groups in total. The van der Waals surface area contributed by atoms with E-state index in [1.54, 1.807) is 12.1 Å². The third-order valence-corrected chi connectivity index (χ3v) is 2.98. The van der Waals surface area contributed by atoms with E-state index in [2.05, 4.69) is 16.4 Å². The van der Waals surface area contributed by atoms with Crippen molar-refractivity contribution in [2.45, 2.75) is 13.0 Å². The van der Waals surface area contributed by atoms with Gasteiger partial charge in [-0.15, -0.1) is 0 Å². The molecule has 94 valence electrons. The third-order valence-electron chi connectivity index (χ3n) is 2.98. The topological polar surface area (TPSA) is 95.0 Å². The number of nitrogens with zero attached hydrogens (tertiary/aromatic N) is 3. The summed E-state index contributed by atoms with van der Waals surface area (Å²) in [5, 5.41) is 12.2. The first-order valence-electron chi connectivity index (χ1n) is 5.78. The summed E-state index contributed by atoms with van der Waals surface area (Å²) in [6.45, 7) is 3.69. The lowest BCUT2D eigenvalue weighted by Gasteiger charge is -2.35. The lowest BCUT2D eigenvalue weighted by Crippen LogP contribution is -2.57. The first kappa shape index (κ1) is 12.3. The summed E-state index contributed by atoms with van der Waals surface area (Å²) in [5.74, 6) is 0.136. The second kappa shape index (κ2) is 5.02. The van der Waals surface area contributed by atoms with Crippen LogP contribution in [-0.4, -0.2) is 36.6 Å². The van der Waals surface area contributed by atoms with E-state index in [1.165, 1.54) is 0 Å². The summed E-state index contributed by atoms with van der Waals surface area (Å²) in [6.07, 6.45) is 0. The van der Waals surface area contributed by atoms with E-state index in [-0.39, 0.29) is 0 Å². The Morgan fingerprint density at radius 1 is 1.67 bits per heavy atom. The summed E-state index contributed by atoms with van der Waals surface area (Å²) in [5.41, 5.74) is 6.67. The van der Waals surface area contributed by atoms with E-state index in [4.69, 9.17) is 11.0 Å². The monoisotopic (exact) mass is 245 g/mol. The maximum Gasteiger partial charge on any atom is 0.241 e. The Morgan fingerprint density at radius 3 is 3.11 bits per heavy atom. The molecular formula is C12H15N5O. The molecule has 1 unspecified atom stereocenters. The van der Waals surface area contributed by atoms with Crippen molar-refractivity contribution in [1.29, 1.82) is 5.26 Å². The van der Waals surface area contributed by atoms with Crippen LogP contribution >= 0.6 is 0 Å². The fourth-order valence-electron chi connectivity index (χ4n) is 2.06. The summed E-state index contributed by atoms with van der Waals surface area (Å²) >= 11 is 0. The van der Waals surface area contributed by atoms with Crippen molar-refractivity contribution in [3.63, 3.8) is 0 Å². The number of amides is 1. The number of piperazine rings is 1. The van der Waals surface area contributed by atoms with Gasteiger partial charge in [-0.1, -0.05) is 0 Å². The molecule has 6 heteroatoms. The number of hydrogen-bond donors (Lipinski definition) is 2. The molecule has 0 spiro atoms. The number of carbonyl (C=O) groups is 1. The van der Waals surface area contributed by atoms with Gasteiger partial charge in [-0.05, 0) is 19.1 Å². The molecule has 0 radical (unpaired) electrons. The number of aryl methyl sites for hydroxylation is 1. The number of aromatic nitrogens is 1. The van der Waals surface area contributed by atoms with E-state index in [0.717, 1.165) is 12.2 Å². The largest absolute Gasteiger partial charge is 0.368 e. The number of nitrogens with two attached hydrogens (primary N) is 1. The molecule has 2 heterocycles. The number of carbonyl (C=O) groups excluding carboxylic acids is 1. The average Bonchev–Trinajstić information content (AvgIpc) is 2.38. The van der Waals surface area contributed by atoms with E-state index in [9.17, 15) is 4.79 Å². The van der Waals surface area contributed by atoms with E-state index < -0.39 is 11.9 Å². The maximum atomic E-state index is 11.5. The van der Waals surface area contributed by atoms with Crippen LogP contribution in [0.1, 0.15) is 11.3 Å². The number of nitriles is 1. The predicted molar refractivity (Wildman–Crippen MR) is 66.9 cm³/mol. The van der Waals surface area contributed by atoms with Crippen molar-refractivity contribution in [1.82, 2.24) is 10.3 Å². The van der Waals surface area contributed by atoms with E-state index in [1.807, 2.05) is 11.8 Å². The zero-order chi connectivity index (χ0) is 13.1. The zero-order valence-corrected chi connectivity index (χ0v) is 10.2. The highest BCUT2D eigenvalue weighted by Crippen LogP contribution is 2.21. The normalized spacial score (nSPS) is 19.3. The molecule has 1 saturated heterocycles. The fourth-order valence-corrected chi connectivity index (χ4v) is 2.06. The molecule has 1 aliphatic rings. The van der Waals surface area contributed by atoms with Gasteiger partial charge >= 0.3 is 0 Å². The molecule has 0 saturated carbocycles. The summed E-state index contributed by atoms with van der Waals surface area (Å²) in [4.78, 5) is 17.6. The van der Waals surface area contributed by atoms with Gasteiger partial charge in [0.05, 0.1) is 5.56 Å². The van der Waals surface area contributed by atoms with Gasteiger partial charge in [0.25, 0.3) is 0 Å². The van der Waals surface area contributed by atoms with Gasteiger partial charge in [0.15, 0.2) is 0 Å². The Kier molecular flexibility index (Phi) is 3.44. The van der Waals surface area contributed by atoms with Crippen molar-refractivity contribution in [3.05, 3.63) is 23.4 Å². The Labute approximate surface area is 105 Å². The van der Waals surface area contributed by atoms with E-state index >= 15 is 0 Å². The van der Waals surface area contributed by atoms with Crippen LogP contribution < -0.4 is 16.0 Å². The second-order valence-corrected chi connectivity index (χ2v) is 4.25. The second-order valence-electron chi connectivity index (χ2n) is 4.25. The number of pyridine rings is 1. The fraction of sp³-hybridized carbons (Fsp3) is 0.417. The molecule has 1 aromatic rings. The first-order valence-corrected chi connectivity index (χ1v) is 5.78. The minimum Gasteiger partial charge on any atom is -0.368 e. The van der Waals surface area contributed by atoms with Gasteiger partial charge in [-0.25, -0.2) is 4.98 Å². The molecular weight excluding hydrogens is 230 g/mol. The van der Waals surface area contributed by atoms with Gasteiger partial charge in [0, 0.05) is 25.3 Å². The number of anilines is 1. The van der Waals surface area contributed by atoms with Crippen LogP contribution in [0.15, 0.2) is 12.1 Å². The Hall–Kier alpha value is -2.13. The van der Waals surface area contributed by atoms with Gasteiger partial charge < -0.3 is 16.0 Å². The highest BCUT2D eigenvalue weighted by Gasteiger charge is 2.29. The average molecular weight is 245 g/mol. The molecule has 1 atom stereocenters. The van der Waals surface area contributed by atoms with Crippen LogP contribution in [0.25, 0.3) is 0 Å². The van der Waals surface area contributed by atoms with Crippen LogP contribution in [0.4, 0.5) is 5.82 Å². The molecule has 18 heavy (non-hydrogen) atoms. The lowest BCUT2D eigenvalue weighted by atomic mass is 10.1. The Balaban J connectivity index is 2.42. The van der Waals surface area contributed by atoms with Gasteiger partial charge in [0.2, 0.25) is 5.91 Å². The minimum atomic E-state index is -0.458. The highest BCUT2D eigenvalue weighted by molar-refractivity contribution is 5.84. The third kappa shape index (κ3) is 2.26. The van der Waals surface area contributed by atoms with Crippen LogP contribution in [-0.2, 0) is 4.79 Å². The number of hydrogen-bond acceptors (Lipinski definition) is 5. The molecule has 6 nitrogen and oxygen atoms in total. The van der Waals surface area contributed by atoms with Crippen LogP contribution in [0, 0.1) is 18.3 Å². The molecule has 0 aliphatic carbocycles. The first-order chi connectivity index (χ1) is 8.63. The standard InChI is InChI=1S/C12H15N5O/c1-8-2-3-9(6-13)12(16-8)17-5-4-15-7-10(17)11(14)18/h2-3,10,15H,4-5,7H2,1H3,(H2,14,18). The minimum absolute atomic E-state index is 0.408. The smallest absolute Gasteiger partial charge is 0.241 e. The van der Waals surface area contributed by atoms with Gasteiger partial charge in [-0.3, -0.25) is 4.79 Å². The Morgan fingerprint density at radius 2 is 2.44 bits per heavy atom. The predicted octanol–water partition coefficient (Wildman–Crippen LogP) is -0.475. The molecule has 1 amide bonds. The molecule has 0 aromatic carbocycles. The number of rotatable bonds is 2. The van der Waals surface area contributed by atoms with Crippen LogP contribution in [0.5, 0.6) is 0 Å². The highest BCUT2D eigenvalue weighted by atomic mass is 16.1. The maximum absolute atomic E-state index is 11.5. The van der Waals surface area contributed by atoms with Gasteiger partial charge in [-0.2, -0.15) is 5.26 Å². The van der Waals surface area contributed by atoms with Crippen LogP contribution in [0.3, 0.4) is 0 Å².